The van der Waals surface area contributed by atoms with E-state index in [9.17, 15) is 4.79 Å². The smallest absolute Gasteiger partial charge is 0.253 e. The molecule has 0 bridgehead atoms. The second-order valence-corrected chi connectivity index (χ2v) is 7.41. The molecular weight excluding hydrogens is 372 g/mol. The van der Waals surface area contributed by atoms with Gasteiger partial charge in [0.05, 0.1) is 5.69 Å². The summed E-state index contributed by atoms with van der Waals surface area (Å²) >= 11 is 5.98. The second-order valence-electron chi connectivity index (χ2n) is 6.98. The summed E-state index contributed by atoms with van der Waals surface area (Å²) < 4.78 is 0. The third-order valence-corrected chi connectivity index (χ3v) is 5.38. The van der Waals surface area contributed by atoms with Gasteiger partial charge in [-0.1, -0.05) is 41.9 Å². The summed E-state index contributed by atoms with van der Waals surface area (Å²) in [5.74, 6) is 0.615. The van der Waals surface area contributed by atoms with Crippen LogP contribution in [0.1, 0.15) is 34.8 Å². The Morgan fingerprint density at radius 1 is 1.00 bits per heavy atom. The van der Waals surface area contributed by atoms with Crippen LogP contribution in [0.2, 0.25) is 5.02 Å². The number of hydrogen-bond donors (Lipinski definition) is 1. The number of amides is 1. The van der Waals surface area contributed by atoms with Gasteiger partial charge in [0.15, 0.2) is 0 Å². The maximum absolute atomic E-state index is 12.6. The first-order valence-corrected chi connectivity index (χ1v) is 9.72. The Labute approximate surface area is 169 Å². The molecule has 2 heterocycles. The molecule has 6 heteroatoms. The second kappa shape index (κ2) is 7.98. The van der Waals surface area contributed by atoms with E-state index >= 15 is 0 Å². The molecule has 1 fully saturated rings. The average Bonchev–Trinajstić information content (AvgIpc) is 2.74. The van der Waals surface area contributed by atoms with Gasteiger partial charge in [-0.05, 0) is 43.2 Å². The molecule has 0 aliphatic carbocycles. The van der Waals surface area contributed by atoms with E-state index in [0.717, 1.165) is 35.4 Å². The molecule has 4 rings (SSSR count). The monoisotopic (exact) mass is 392 g/mol. The van der Waals surface area contributed by atoms with Gasteiger partial charge in [0.1, 0.15) is 0 Å². The van der Waals surface area contributed by atoms with E-state index in [1.54, 1.807) is 0 Å². The average molecular weight is 393 g/mol. The molecule has 142 valence electrons. The summed E-state index contributed by atoms with van der Waals surface area (Å²) in [5, 5.41) is 0.682. The van der Waals surface area contributed by atoms with Gasteiger partial charge in [0.2, 0.25) is 5.95 Å². The van der Waals surface area contributed by atoms with Crippen molar-refractivity contribution < 1.29 is 4.79 Å². The fourth-order valence-electron chi connectivity index (χ4n) is 3.60. The lowest BCUT2D eigenvalue weighted by Gasteiger charge is -2.32. The molecule has 1 amide bonds. The van der Waals surface area contributed by atoms with Gasteiger partial charge in [-0.25, -0.2) is 9.97 Å². The lowest BCUT2D eigenvalue weighted by atomic mass is 9.92. The summed E-state index contributed by atoms with van der Waals surface area (Å²) in [6.07, 6.45) is 1.71. The van der Waals surface area contributed by atoms with Crippen molar-refractivity contribution in [1.82, 2.24) is 14.9 Å². The highest BCUT2D eigenvalue weighted by Crippen LogP contribution is 2.30. The van der Waals surface area contributed by atoms with Crippen molar-refractivity contribution in [2.45, 2.75) is 18.8 Å². The Bertz CT molecular complexity index is 968. The number of carbonyl (C=O) groups is 1. The number of nitrogen functional groups attached to an aromatic ring is 1. The third-order valence-electron chi connectivity index (χ3n) is 5.12. The number of halogens is 1. The van der Waals surface area contributed by atoms with E-state index in [1.807, 2.05) is 65.6 Å². The molecular formula is C22H21ClN4O. The number of likely N-dealkylation sites (tertiary alicyclic amines) is 1. The van der Waals surface area contributed by atoms with Crippen LogP contribution in [0.5, 0.6) is 0 Å². The fourth-order valence-corrected chi connectivity index (χ4v) is 3.73. The van der Waals surface area contributed by atoms with Gasteiger partial charge in [-0.2, -0.15) is 0 Å². The summed E-state index contributed by atoms with van der Waals surface area (Å²) in [4.78, 5) is 23.4. The van der Waals surface area contributed by atoms with Gasteiger partial charge in [-0.3, -0.25) is 4.79 Å². The molecule has 1 aromatic heterocycles. The topological polar surface area (TPSA) is 72.1 Å². The Morgan fingerprint density at radius 2 is 1.68 bits per heavy atom. The molecule has 2 N–H and O–H groups in total. The molecule has 5 nitrogen and oxygen atoms in total. The van der Waals surface area contributed by atoms with Gasteiger partial charge < -0.3 is 10.6 Å². The molecule has 0 atom stereocenters. The van der Waals surface area contributed by atoms with Gasteiger partial charge in [0.25, 0.3) is 5.91 Å². The van der Waals surface area contributed by atoms with E-state index in [0.29, 0.717) is 18.1 Å². The number of aromatic nitrogens is 2. The molecule has 1 aliphatic heterocycles. The van der Waals surface area contributed by atoms with Gasteiger partial charge in [0, 0.05) is 40.9 Å². The number of piperidine rings is 1. The highest BCUT2D eigenvalue weighted by molar-refractivity contribution is 6.30. The number of rotatable bonds is 3. The van der Waals surface area contributed by atoms with Crippen LogP contribution < -0.4 is 5.73 Å². The predicted molar refractivity (Wildman–Crippen MR) is 111 cm³/mol. The van der Waals surface area contributed by atoms with Crippen LogP contribution in [-0.4, -0.2) is 33.9 Å². The minimum atomic E-state index is 0.0862. The molecule has 0 unspecified atom stereocenters. The Morgan fingerprint density at radius 3 is 2.36 bits per heavy atom. The fraction of sp³-hybridized carbons (Fsp3) is 0.227. The zero-order valence-corrected chi connectivity index (χ0v) is 16.1. The number of nitrogens with two attached hydrogens (primary N) is 1. The van der Waals surface area contributed by atoms with Crippen LogP contribution in [0.3, 0.4) is 0 Å². The number of anilines is 1. The van der Waals surface area contributed by atoms with Crippen molar-refractivity contribution >= 4 is 23.5 Å². The van der Waals surface area contributed by atoms with E-state index in [1.165, 1.54) is 0 Å². The maximum atomic E-state index is 12.6. The van der Waals surface area contributed by atoms with Crippen molar-refractivity contribution in [1.29, 1.82) is 0 Å². The first-order chi connectivity index (χ1) is 13.6. The molecule has 1 saturated heterocycles. The minimum Gasteiger partial charge on any atom is -0.368 e. The van der Waals surface area contributed by atoms with Gasteiger partial charge >= 0.3 is 0 Å². The molecule has 0 radical (unpaired) electrons. The molecule has 2 aromatic carbocycles. The van der Waals surface area contributed by atoms with Crippen molar-refractivity contribution in [2.24, 2.45) is 0 Å². The van der Waals surface area contributed by atoms with Crippen molar-refractivity contribution in [3.63, 3.8) is 0 Å². The normalized spacial score (nSPS) is 14.8. The summed E-state index contributed by atoms with van der Waals surface area (Å²) in [6.45, 7) is 1.41. The number of carbonyl (C=O) groups excluding carboxylic acids is 1. The SMILES string of the molecule is Nc1nc(-c2ccc(Cl)cc2)cc(C2CCN(C(=O)c3ccccc3)CC2)n1. The lowest BCUT2D eigenvalue weighted by molar-refractivity contribution is 0.0712. The van der Waals surface area contributed by atoms with Crippen molar-refractivity contribution in [3.8, 4) is 11.3 Å². The van der Waals surface area contributed by atoms with Crippen LogP contribution in [0.15, 0.2) is 60.7 Å². The zero-order valence-electron chi connectivity index (χ0n) is 15.4. The first-order valence-electron chi connectivity index (χ1n) is 9.35. The molecule has 0 saturated carbocycles. The summed E-state index contributed by atoms with van der Waals surface area (Å²) in [5.41, 5.74) is 9.39. The van der Waals surface area contributed by atoms with Crippen LogP contribution in [0.4, 0.5) is 5.95 Å². The van der Waals surface area contributed by atoms with E-state index in [2.05, 4.69) is 9.97 Å². The van der Waals surface area contributed by atoms with Gasteiger partial charge in [-0.15, -0.1) is 0 Å². The first kappa shape index (κ1) is 18.4. The van der Waals surface area contributed by atoms with Crippen LogP contribution in [-0.2, 0) is 0 Å². The maximum Gasteiger partial charge on any atom is 0.253 e. The van der Waals surface area contributed by atoms with E-state index < -0.39 is 0 Å². The highest BCUT2D eigenvalue weighted by atomic mass is 35.5. The summed E-state index contributed by atoms with van der Waals surface area (Å²) in [7, 11) is 0. The summed E-state index contributed by atoms with van der Waals surface area (Å²) in [6, 6.07) is 18.9. The molecule has 0 spiro atoms. The zero-order chi connectivity index (χ0) is 19.5. The number of benzene rings is 2. The molecule has 1 aliphatic rings. The predicted octanol–water partition coefficient (Wildman–Crippen LogP) is 4.40. The quantitative estimate of drug-likeness (QED) is 0.717. The molecule has 28 heavy (non-hydrogen) atoms. The van der Waals surface area contributed by atoms with Crippen molar-refractivity contribution in [3.05, 3.63) is 76.9 Å². The standard InChI is InChI=1S/C22H21ClN4O/c23-18-8-6-15(7-9-18)19-14-20(26-22(24)25-19)16-10-12-27(13-11-16)21(28)17-4-2-1-3-5-17/h1-9,14,16H,10-13H2,(H2,24,25,26). The highest BCUT2D eigenvalue weighted by Gasteiger charge is 2.26. The number of nitrogens with zero attached hydrogens (tertiary/aromatic N) is 3. The Hall–Kier alpha value is -2.92. The van der Waals surface area contributed by atoms with Crippen LogP contribution in [0.25, 0.3) is 11.3 Å². The van der Waals surface area contributed by atoms with Crippen molar-refractivity contribution in [2.75, 3.05) is 18.8 Å². The Kier molecular flexibility index (Phi) is 5.26. The van der Waals surface area contributed by atoms with E-state index in [4.69, 9.17) is 17.3 Å². The van der Waals surface area contributed by atoms with E-state index in [-0.39, 0.29) is 17.8 Å². The third kappa shape index (κ3) is 3.99. The number of hydrogen-bond acceptors (Lipinski definition) is 4. The lowest BCUT2D eigenvalue weighted by Crippen LogP contribution is -2.38. The Balaban J connectivity index is 1.49. The van der Waals surface area contributed by atoms with Crippen LogP contribution >= 0.6 is 11.6 Å². The minimum absolute atomic E-state index is 0.0862. The largest absolute Gasteiger partial charge is 0.368 e. The van der Waals surface area contributed by atoms with Crippen LogP contribution in [0, 0.1) is 0 Å². The molecule has 3 aromatic rings.